The normalized spacial score (nSPS) is 20.9. The Morgan fingerprint density at radius 2 is 2.24 bits per heavy atom. The number of benzene rings is 1. The van der Waals surface area contributed by atoms with Crippen molar-refractivity contribution >= 4 is 11.6 Å². The fourth-order valence-corrected chi connectivity index (χ4v) is 1.93. The van der Waals surface area contributed by atoms with E-state index in [0.717, 1.165) is 6.42 Å². The minimum absolute atomic E-state index is 0.0515. The smallest absolute Gasteiger partial charge is 0.251 e. The van der Waals surface area contributed by atoms with Gasteiger partial charge in [0.05, 0.1) is 5.69 Å². The first-order valence-corrected chi connectivity index (χ1v) is 5.77. The van der Waals surface area contributed by atoms with E-state index in [4.69, 9.17) is 5.73 Å². The molecule has 4 N–H and O–H groups in total. The SMILES string of the molecule is CC1(C)CC1CNC(=O)c1ccc(N)c(O)c1. The van der Waals surface area contributed by atoms with Crippen molar-refractivity contribution in [3.05, 3.63) is 23.8 Å². The quantitative estimate of drug-likeness (QED) is 0.551. The Hall–Kier alpha value is -1.71. The van der Waals surface area contributed by atoms with Gasteiger partial charge in [-0.15, -0.1) is 0 Å². The lowest BCUT2D eigenvalue weighted by molar-refractivity contribution is 0.0950. The summed E-state index contributed by atoms with van der Waals surface area (Å²) in [5.74, 6) is 0.348. The van der Waals surface area contributed by atoms with Crippen LogP contribution in [0.5, 0.6) is 5.75 Å². The number of phenols is 1. The predicted octanol–water partition coefficient (Wildman–Crippen LogP) is 1.75. The molecule has 1 amide bonds. The molecule has 2 rings (SSSR count). The Bertz CT molecular complexity index is 455. The molecule has 4 nitrogen and oxygen atoms in total. The van der Waals surface area contributed by atoms with Gasteiger partial charge in [-0.2, -0.15) is 0 Å². The average molecular weight is 234 g/mol. The number of nitrogens with two attached hydrogens (primary N) is 1. The molecule has 17 heavy (non-hydrogen) atoms. The van der Waals surface area contributed by atoms with Gasteiger partial charge >= 0.3 is 0 Å². The molecule has 0 aromatic heterocycles. The van der Waals surface area contributed by atoms with Gasteiger partial charge in [-0.3, -0.25) is 4.79 Å². The number of nitrogen functional groups attached to an aromatic ring is 1. The molecule has 1 aliphatic rings. The van der Waals surface area contributed by atoms with Crippen molar-refractivity contribution in [2.75, 3.05) is 12.3 Å². The summed E-state index contributed by atoms with van der Waals surface area (Å²) in [4.78, 5) is 11.8. The van der Waals surface area contributed by atoms with Crippen molar-refractivity contribution < 1.29 is 9.90 Å². The van der Waals surface area contributed by atoms with Crippen molar-refractivity contribution in [2.45, 2.75) is 20.3 Å². The maximum atomic E-state index is 11.8. The van der Waals surface area contributed by atoms with Gasteiger partial charge in [0.2, 0.25) is 0 Å². The third-order valence-electron chi connectivity index (χ3n) is 3.52. The number of rotatable bonds is 3. The second-order valence-corrected chi connectivity index (χ2v) is 5.37. The minimum atomic E-state index is -0.164. The number of hydrogen-bond acceptors (Lipinski definition) is 3. The zero-order chi connectivity index (χ0) is 12.6. The van der Waals surface area contributed by atoms with Crippen LogP contribution in [0.2, 0.25) is 0 Å². The Kier molecular flexibility index (Phi) is 2.73. The number of aromatic hydroxyl groups is 1. The predicted molar refractivity (Wildman–Crippen MR) is 66.7 cm³/mol. The fraction of sp³-hybridized carbons (Fsp3) is 0.462. The van der Waals surface area contributed by atoms with Crippen LogP contribution in [-0.4, -0.2) is 17.6 Å². The summed E-state index contributed by atoms with van der Waals surface area (Å²) in [6.45, 7) is 5.08. The van der Waals surface area contributed by atoms with Crippen molar-refractivity contribution in [3.63, 3.8) is 0 Å². The molecule has 1 unspecified atom stereocenters. The third-order valence-corrected chi connectivity index (χ3v) is 3.52. The highest BCUT2D eigenvalue weighted by molar-refractivity contribution is 5.95. The van der Waals surface area contributed by atoms with E-state index in [1.54, 1.807) is 6.07 Å². The molecule has 92 valence electrons. The highest BCUT2D eigenvalue weighted by atomic mass is 16.3. The van der Waals surface area contributed by atoms with E-state index in [1.165, 1.54) is 12.1 Å². The second kappa shape index (κ2) is 3.95. The van der Waals surface area contributed by atoms with Crippen LogP contribution in [0.4, 0.5) is 5.69 Å². The van der Waals surface area contributed by atoms with Crippen LogP contribution in [0.3, 0.4) is 0 Å². The Balaban J connectivity index is 1.93. The number of amides is 1. The number of phenolic OH excluding ortho intramolecular Hbond substituents is 1. The summed E-state index contributed by atoms with van der Waals surface area (Å²) in [5.41, 5.74) is 6.55. The summed E-state index contributed by atoms with van der Waals surface area (Å²) in [5, 5.41) is 12.3. The molecule has 1 fully saturated rings. The van der Waals surface area contributed by atoms with Crippen LogP contribution in [-0.2, 0) is 0 Å². The fourth-order valence-electron chi connectivity index (χ4n) is 1.93. The van der Waals surface area contributed by atoms with Gasteiger partial charge in [0, 0.05) is 12.1 Å². The van der Waals surface area contributed by atoms with E-state index in [0.29, 0.717) is 23.4 Å². The lowest BCUT2D eigenvalue weighted by Gasteiger charge is -2.07. The average Bonchev–Trinajstić information content (AvgIpc) is 2.87. The highest BCUT2D eigenvalue weighted by Crippen LogP contribution is 2.50. The van der Waals surface area contributed by atoms with Crippen molar-refractivity contribution in [2.24, 2.45) is 11.3 Å². The van der Waals surface area contributed by atoms with Crippen LogP contribution in [0.1, 0.15) is 30.6 Å². The lowest BCUT2D eigenvalue weighted by atomic mass is 10.1. The molecule has 0 bridgehead atoms. The van der Waals surface area contributed by atoms with Gasteiger partial charge < -0.3 is 16.2 Å². The summed E-state index contributed by atoms with van der Waals surface area (Å²) < 4.78 is 0. The maximum Gasteiger partial charge on any atom is 0.251 e. The zero-order valence-electron chi connectivity index (χ0n) is 10.2. The summed E-state index contributed by atoms with van der Waals surface area (Å²) in [7, 11) is 0. The molecular weight excluding hydrogens is 216 g/mol. The molecule has 1 aromatic rings. The highest BCUT2D eigenvalue weighted by Gasteiger charge is 2.45. The van der Waals surface area contributed by atoms with Gasteiger partial charge in [-0.05, 0) is 36.0 Å². The monoisotopic (exact) mass is 234 g/mol. The van der Waals surface area contributed by atoms with Gasteiger partial charge in [-0.1, -0.05) is 13.8 Å². The van der Waals surface area contributed by atoms with E-state index < -0.39 is 0 Å². The summed E-state index contributed by atoms with van der Waals surface area (Å²) >= 11 is 0. The largest absolute Gasteiger partial charge is 0.506 e. The molecule has 0 radical (unpaired) electrons. The Morgan fingerprint density at radius 3 is 2.76 bits per heavy atom. The van der Waals surface area contributed by atoms with E-state index >= 15 is 0 Å². The van der Waals surface area contributed by atoms with Gasteiger partial charge in [-0.25, -0.2) is 0 Å². The van der Waals surface area contributed by atoms with Crippen LogP contribution >= 0.6 is 0 Å². The number of nitrogens with one attached hydrogen (secondary N) is 1. The van der Waals surface area contributed by atoms with Gasteiger partial charge in [0.15, 0.2) is 0 Å². The first kappa shape index (κ1) is 11.8. The van der Waals surface area contributed by atoms with Crippen LogP contribution < -0.4 is 11.1 Å². The second-order valence-electron chi connectivity index (χ2n) is 5.37. The Morgan fingerprint density at radius 1 is 1.59 bits per heavy atom. The van der Waals surface area contributed by atoms with Crippen molar-refractivity contribution in [1.82, 2.24) is 5.32 Å². The summed E-state index contributed by atoms with van der Waals surface area (Å²) in [6, 6.07) is 4.54. The molecule has 1 saturated carbocycles. The molecule has 0 spiro atoms. The molecule has 0 heterocycles. The zero-order valence-corrected chi connectivity index (χ0v) is 10.2. The minimum Gasteiger partial charge on any atom is -0.506 e. The van der Waals surface area contributed by atoms with Crippen LogP contribution in [0.15, 0.2) is 18.2 Å². The third kappa shape index (κ3) is 2.52. The van der Waals surface area contributed by atoms with Crippen molar-refractivity contribution in [3.8, 4) is 5.75 Å². The lowest BCUT2D eigenvalue weighted by Crippen LogP contribution is -2.26. The van der Waals surface area contributed by atoms with E-state index in [9.17, 15) is 9.90 Å². The van der Waals surface area contributed by atoms with Crippen LogP contribution in [0.25, 0.3) is 0 Å². The standard InChI is InChI=1S/C13H18N2O2/c1-13(2)6-9(13)7-15-12(17)8-3-4-10(14)11(16)5-8/h3-5,9,16H,6-7,14H2,1-2H3,(H,15,17). The first-order chi connectivity index (χ1) is 7.90. The maximum absolute atomic E-state index is 11.8. The van der Waals surface area contributed by atoms with E-state index in [2.05, 4.69) is 19.2 Å². The molecular formula is C13H18N2O2. The molecule has 4 heteroatoms. The number of hydrogen-bond donors (Lipinski definition) is 3. The summed E-state index contributed by atoms with van der Waals surface area (Å²) in [6.07, 6.45) is 1.15. The molecule has 0 saturated heterocycles. The van der Waals surface area contributed by atoms with Crippen molar-refractivity contribution in [1.29, 1.82) is 0 Å². The van der Waals surface area contributed by atoms with Gasteiger partial charge in [0.25, 0.3) is 5.91 Å². The molecule has 0 aliphatic heterocycles. The topological polar surface area (TPSA) is 75.4 Å². The molecule has 1 aromatic carbocycles. The van der Waals surface area contributed by atoms with Gasteiger partial charge in [0.1, 0.15) is 5.75 Å². The van der Waals surface area contributed by atoms with E-state index in [1.807, 2.05) is 0 Å². The Labute approximate surface area is 101 Å². The number of carbonyl (C=O) groups is 1. The number of anilines is 1. The molecule has 1 atom stereocenters. The number of carbonyl (C=O) groups excluding carboxylic acids is 1. The molecule has 1 aliphatic carbocycles. The first-order valence-electron chi connectivity index (χ1n) is 5.77. The van der Waals surface area contributed by atoms with Crippen LogP contribution in [0, 0.1) is 11.3 Å². The van der Waals surface area contributed by atoms with E-state index in [-0.39, 0.29) is 17.3 Å².